The van der Waals surface area contributed by atoms with Crippen LogP contribution >= 0.6 is 0 Å². The van der Waals surface area contributed by atoms with E-state index in [0.29, 0.717) is 0 Å². The first-order chi connectivity index (χ1) is 9.61. The zero-order chi connectivity index (χ0) is 14.0. The molecule has 1 aromatic carbocycles. The lowest BCUT2D eigenvalue weighted by atomic mass is 10.1. The van der Waals surface area contributed by atoms with Crippen molar-refractivity contribution in [2.24, 2.45) is 0 Å². The molecule has 0 bridgehead atoms. The highest BCUT2D eigenvalue weighted by atomic mass is 16.5. The van der Waals surface area contributed by atoms with Crippen LogP contribution in [0.5, 0.6) is 0 Å². The maximum atomic E-state index is 5.76. The van der Waals surface area contributed by atoms with E-state index in [0.717, 1.165) is 38.8 Å². The predicted molar refractivity (Wildman–Crippen MR) is 81.6 cm³/mol. The monoisotopic (exact) mass is 274 g/mol. The Hall–Kier alpha value is -0.900. The summed E-state index contributed by atoms with van der Waals surface area (Å²) >= 11 is 0. The van der Waals surface area contributed by atoms with Crippen molar-refractivity contribution < 1.29 is 4.74 Å². The molecule has 1 aliphatic heterocycles. The largest absolute Gasteiger partial charge is 0.373 e. The number of morpholine rings is 1. The number of hydrogen-bond acceptors (Lipinski definition) is 3. The molecule has 2 fully saturated rings. The molecule has 0 radical (unpaired) electrons. The third-order valence-electron chi connectivity index (χ3n) is 4.11. The Morgan fingerprint density at radius 2 is 1.90 bits per heavy atom. The second-order valence-corrected chi connectivity index (χ2v) is 6.79. The molecule has 2 aliphatic rings. The van der Waals surface area contributed by atoms with Crippen LogP contribution in [-0.4, -0.2) is 36.2 Å². The highest BCUT2D eigenvalue weighted by molar-refractivity contribution is 5.22. The second-order valence-electron chi connectivity index (χ2n) is 6.79. The summed E-state index contributed by atoms with van der Waals surface area (Å²) < 4.78 is 5.76. The minimum atomic E-state index is -0.00756. The van der Waals surface area contributed by atoms with Crippen LogP contribution in [0.2, 0.25) is 0 Å². The molecule has 1 heterocycles. The van der Waals surface area contributed by atoms with E-state index >= 15 is 0 Å². The zero-order valence-corrected chi connectivity index (χ0v) is 12.7. The average molecular weight is 274 g/mol. The Balaban J connectivity index is 1.51. The Bertz CT molecular complexity index is 437. The highest BCUT2D eigenvalue weighted by Crippen LogP contribution is 2.20. The molecular formula is C17H26N2O. The molecular weight excluding hydrogens is 248 g/mol. The van der Waals surface area contributed by atoms with Gasteiger partial charge in [0, 0.05) is 32.2 Å². The van der Waals surface area contributed by atoms with Gasteiger partial charge < -0.3 is 10.1 Å². The third-order valence-corrected chi connectivity index (χ3v) is 4.11. The first-order valence-electron chi connectivity index (χ1n) is 7.78. The number of hydrogen-bond donors (Lipinski definition) is 1. The van der Waals surface area contributed by atoms with E-state index in [1.54, 1.807) is 0 Å². The van der Waals surface area contributed by atoms with Gasteiger partial charge in [-0.15, -0.1) is 0 Å². The Morgan fingerprint density at radius 3 is 2.55 bits per heavy atom. The van der Waals surface area contributed by atoms with Crippen molar-refractivity contribution in [3.63, 3.8) is 0 Å². The molecule has 0 amide bonds. The van der Waals surface area contributed by atoms with Gasteiger partial charge in [-0.25, -0.2) is 0 Å². The van der Waals surface area contributed by atoms with Crippen molar-refractivity contribution in [2.75, 3.05) is 19.7 Å². The Morgan fingerprint density at radius 1 is 1.20 bits per heavy atom. The number of ether oxygens (including phenoxy) is 1. The van der Waals surface area contributed by atoms with Crippen molar-refractivity contribution in [1.82, 2.24) is 10.2 Å². The van der Waals surface area contributed by atoms with Crippen LogP contribution in [0.15, 0.2) is 24.3 Å². The molecule has 20 heavy (non-hydrogen) atoms. The topological polar surface area (TPSA) is 24.5 Å². The zero-order valence-electron chi connectivity index (χ0n) is 12.7. The summed E-state index contributed by atoms with van der Waals surface area (Å²) in [5, 5.41) is 3.56. The summed E-state index contributed by atoms with van der Waals surface area (Å²) in [6.07, 6.45) is 2.70. The lowest BCUT2D eigenvalue weighted by Gasteiger charge is -2.38. The van der Waals surface area contributed by atoms with E-state index < -0.39 is 0 Å². The summed E-state index contributed by atoms with van der Waals surface area (Å²) in [7, 11) is 0. The van der Waals surface area contributed by atoms with Crippen LogP contribution in [0.1, 0.15) is 37.8 Å². The van der Waals surface area contributed by atoms with Crippen LogP contribution in [0, 0.1) is 0 Å². The SMILES string of the molecule is CC1(C)CN(Cc2ccc(CNC3CC3)cc2)CCO1. The van der Waals surface area contributed by atoms with Crippen molar-refractivity contribution in [3.8, 4) is 0 Å². The minimum Gasteiger partial charge on any atom is -0.373 e. The van der Waals surface area contributed by atoms with Crippen molar-refractivity contribution in [3.05, 3.63) is 35.4 Å². The van der Waals surface area contributed by atoms with Gasteiger partial charge in [0.15, 0.2) is 0 Å². The average Bonchev–Trinajstić information content (AvgIpc) is 3.21. The second kappa shape index (κ2) is 5.84. The molecule has 0 unspecified atom stereocenters. The molecule has 0 atom stereocenters. The van der Waals surface area contributed by atoms with E-state index in [2.05, 4.69) is 48.3 Å². The summed E-state index contributed by atoms with van der Waals surface area (Å²) in [6, 6.07) is 9.84. The van der Waals surface area contributed by atoms with E-state index in [1.165, 1.54) is 24.0 Å². The van der Waals surface area contributed by atoms with Gasteiger partial charge in [0.1, 0.15) is 0 Å². The molecule has 1 aliphatic carbocycles. The van der Waals surface area contributed by atoms with Crippen LogP contribution < -0.4 is 5.32 Å². The van der Waals surface area contributed by atoms with Gasteiger partial charge in [-0.1, -0.05) is 24.3 Å². The summed E-state index contributed by atoms with van der Waals surface area (Å²) in [4.78, 5) is 2.49. The molecule has 1 saturated carbocycles. The molecule has 1 N–H and O–H groups in total. The van der Waals surface area contributed by atoms with Crippen molar-refractivity contribution in [1.29, 1.82) is 0 Å². The summed E-state index contributed by atoms with van der Waals surface area (Å²) in [5.41, 5.74) is 2.78. The number of nitrogens with zero attached hydrogens (tertiary/aromatic N) is 1. The van der Waals surface area contributed by atoms with Gasteiger partial charge >= 0.3 is 0 Å². The van der Waals surface area contributed by atoms with Crippen LogP contribution in [-0.2, 0) is 17.8 Å². The molecule has 110 valence electrons. The Labute approximate surface area is 122 Å². The molecule has 0 spiro atoms. The van der Waals surface area contributed by atoms with E-state index in [9.17, 15) is 0 Å². The lowest BCUT2D eigenvalue weighted by molar-refractivity contribution is -0.0882. The molecule has 3 heteroatoms. The van der Waals surface area contributed by atoms with Crippen LogP contribution in [0.25, 0.3) is 0 Å². The van der Waals surface area contributed by atoms with E-state index in [1.807, 2.05) is 0 Å². The maximum absolute atomic E-state index is 5.76. The first-order valence-corrected chi connectivity index (χ1v) is 7.78. The fourth-order valence-corrected chi connectivity index (χ4v) is 2.82. The smallest absolute Gasteiger partial charge is 0.0753 e. The maximum Gasteiger partial charge on any atom is 0.0753 e. The lowest BCUT2D eigenvalue weighted by Crippen LogP contribution is -2.47. The molecule has 0 aromatic heterocycles. The van der Waals surface area contributed by atoms with E-state index in [-0.39, 0.29) is 5.60 Å². The predicted octanol–water partition coefficient (Wildman–Crippen LogP) is 2.55. The normalized spacial score (nSPS) is 22.9. The molecule has 1 saturated heterocycles. The minimum absolute atomic E-state index is 0.00756. The van der Waals surface area contributed by atoms with E-state index in [4.69, 9.17) is 4.74 Å². The van der Waals surface area contributed by atoms with Crippen molar-refractivity contribution in [2.45, 2.75) is 51.4 Å². The fourth-order valence-electron chi connectivity index (χ4n) is 2.82. The summed E-state index contributed by atoms with van der Waals surface area (Å²) in [6.45, 7) is 9.28. The van der Waals surface area contributed by atoms with Gasteiger partial charge in [-0.2, -0.15) is 0 Å². The first kappa shape index (κ1) is 14.1. The van der Waals surface area contributed by atoms with Gasteiger partial charge in [0.25, 0.3) is 0 Å². The van der Waals surface area contributed by atoms with Crippen LogP contribution in [0.3, 0.4) is 0 Å². The number of rotatable bonds is 5. The molecule has 3 rings (SSSR count). The van der Waals surface area contributed by atoms with Gasteiger partial charge in [0.2, 0.25) is 0 Å². The number of nitrogens with one attached hydrogen (secondary N) is 1. The molecule has 3 nitrogen and oxygen atoms in total. The standard InChI is InChI=1S/C17H26N2O/c1-17(2)13-19(9-10-20-17)12-15-5-3-14(4-6-15)11-18-16-7-8-16/h3-6,16,18H,7-13H2,1-2H3. The van der Waals surface area contributed by atoms with Crippen LogP contribution in [0.4, 0.5) is 0 Å². The van der Waals surface area contributed by atoms with Gasteiger partial charge in [-0.05, 0) is 37.8 Å². The third kappa shape index (κ3) is 4.05. The fraction of sp³-hybridized carbons (Fsp3) is 0.647. The van der Waals surface area contributed by atoms with Gasteiger partial charge in [0.05, 0.1) is 12.2 Å². The Kier molecular flexibility index (Phi) is 4.11. The number of benzene rings is 1. The van der Waals surface area contributed by atoms with Gasteiger partial charge in [-0.3, -0.25) is 4.90 Å². The molecule has 1 aromatic rings. The quantitative estimate of drug-likeness (QED) is 0.893. The highest BCUT2D eigenvalue weighted by Gasteiger charge is 2.26. The summed E-state index contributed by atoms with van der Waals surface area (Å²) in [5.74, 6) is 0. The van der Waals surface area contributed by atoms with Crippen molar-refractivity contribution >= 4 is 0 Å².